The Morgan fingerprint density at radius 2 is 1.52 bits per heavy atom. The first-order valence-electron chi connectivity index (χ1n) is 9.49. The summed E-state index contributed by atoms with van der Waals surface area (Å²) in [5, 5.41) is 8.88. The summed E-state index contributed by atoms with van der Waals surface area (Å²) in [7, 11) is 0. The number of carbonyl (C=O) groups is 2. The van der Waals surface area contributed by atoms with Gasteiger partial charge in [-0.1, -0.05) is 60.7 Å². The predicted molar refractivity (Wildman–Crippen MR) is 112 cm³/mol. The fraction of sp³-hybridized carbons (Fsp3) is 0.174. The van der Waals surface area contributed by atoms with Gasteiger partial charge in [-0.05, 0) is 29.7 Å². The number of pyridine rings is 1. The molecule has 0 aliphatic rings. The molecule has 0 spiro atoms. The molecule has 1 aromatic heterocycles. The number of rotatable bonds is 9. The number of hydrogen-bond donors (Lipinski definition) is 3. The number of benzene rings is 2. The lowest BCUT2D eigenvalue weighted by Gasteiger charge is -2.19. The molecule has 6 nitrogen and oxygen atoms in total. The molecule has 0 fully saturated rings. The monoisotopic (exact) mass is 388 g/mol. The van der Waals surface area contributed by atoms with Crippen molar-refractivity contribution in [2.24, 2.45) is 0 Å². The first-order valence-corrected chi connectivity index (χ1v) is 9.49. The molecule has 2 aromatic carbocycles. The van der Waals surface area contributed by atoms with Crippen LogP contribution in [-0.2, 0) is 17.8 Å². The summed E-state index contributed by atoms with van der Waals surface area (Å²) in [6.07, 6.45) is 3.63. The van der Waals surface area contributed by atoms with Gasteiger partial charge in [0.15, 0.2) is 0 Å². The lowest BCUT2D eigenvalue weighted by Crippen LogP contribution is -2.49. The quantitative estimate of drug-likeness (QED) is 0.491. The number of nitrogens with zero attached hydrogens (tertiary/aromatic N) is 1. The third-order valence-electron chi connectivity index (χ3n) is 4.43. The minimum absolute atomic E-state index is 0.117. The van der Waals surface area contributed by atoms with Gasteiger partial charge in [0.05, 0.1) is 18.3 Å². The lowest BCUT2D eigenvalue weighted by molar-refractivity contribution is -0.123. The number of aromatic nitrogens is 1. The van der Waals surface area contributed by atoms with E-state index in [1.807, 2.05) is 60.7 Å². The fourth-order valence-corrected chi connectivity index (χ4v) is 2.87. The molecule has 3 rings (SSSR count). The Balaban J connectivity index is 1.58. The summed E-state index contributed by atoms with van der Waals surface area (Å²) in [5.74, 6) is -0.359. The summed E-state index contributed by atoms with van der Waals surface area (Å²) >= 11 is 0. The van der Waals surface area contributed by atoms with Gasteiger partial charge in [0.25, 0.3) is 5.91 Å². The highest BCUT2D eigenvalue weighted by Gasteiger charge is 2.18. The van der Waals surface area contributed by atoms with Crippen molar-refractivity contribution in [3.63, 3.8) is 0 Å². The minimum Gasteiger partial charge on any atom is -0.351 e. The van der Waals surface area contributed by atoms with Gasteiger partial charge in [0, 0.05) is 18.9 Å². The summed E-state index contributed by atoms with van der Waals surface area (Å²) in [6, 6.07) is 22.5. The van der Waals surface area contributed by atoms with Gasteiger partial charge in [-0.25, -0.2) is 0 Å². The van der Waals surface area contributed by atoms with Crippen LogP contribution in [0.2, 0.25) is 0 Å². The van der Waals surface area contributed by atoms with E-state index in [0.29, 0.717) is 18.5 Å². The van der Waals surface area contributed by atoms with Crippen molar-refractivity contribution in [3.8, 4) is 0 Å². The average Bonchev–Trinajstić information content (AvgIpc) is 2.78. The van der Waals surface area contributed by atoms with Gasteiger partial charge in [0.1, 0.15) is 0 Å². The molecule has 0 aliphatic heterocycles. The normalized spacial score (nSPS) is 11.4. The standard InChI is InChI=1S/C23H24N4O2/c28-22(20-12-7-13-24-16-20)27-17-26-21(14-18-8-3-1-4-9-18)23(29)25-15-19-10-5-2-6-11-19/h1-13,16,21,26H,14-15,17H2,(H,25,29)(H,27,28). The van der Waals surface area contributed by atoms with Crippen LogP contribution in [0.25, 0.3) is 0 Å². The molecule has 1 heterocycles. The molecular formula is C23H24N4O2. The molecule has 1 atom stereocenters. The third kappa shape index (κ3) is 6.55. The van der Waals surface area contributed by atoms with Crippen LogP contribution in [0.1, 0.15) is 21.5 Å². The van der Waals surface area contributed by atoms with Crippen LogP contribution in [0, 0.1) is 0 Å². The molecule has 0 saturated heterocycles. The van der Waals surface area contributed by atoms with Crippen molar-refractivity contribution in [3.05, 3.63) is 102 Å². The SMILES string of the molecule is O=C(NCNC(Cc1ccccc1)C(=O)NCc1ccccc1)c1cccnc1. The maximum absolute atomic E-state index is 12.8. The highest BCUT2D eigenvalue weighted by molar-refractivity contribution is 5.93. The summed E-state index contributed by atoms with van der Waals surface area (Å²) in [5.41, 5.74) is 2.55. The molecule has 3 aromatic rings. The van der Waals surface area contributed by atoms with E-state index in [1.54, 1.807) is 18.3 Å². The van der Waals surface area contributed by atoms with Crippen LogP contribution in [-0.4, -0.2) is 29.5 Å². The Kier molecular flexibility index (Phi) is 7.48. The number of carbonyl (C=O) groups excluding carboxylic acids is 2. The molecular weight excluding hydrogens is 364 g/mol. The van der Waals surface area contributed by atoms with E-state index in [2.05, 4.69) is 20.9 Å². The van der Waals surface area contributed by atoms with E-state index >= 15 is 0 Å². The van der Waals surface area contributed by atoms with Crippen LogP contribution in [0.4, 0.5) is 0 Å². The topological polar surface area (TPSA) is 83.1 Å². The number of nitrogens with one attached hydrogen (secondary N) is 3. The molecule has 1 unspecified atom stereocenters. The minimum atomic E-state index is -0.477. The molecule has 0 bridgehead atoms. The van der Waals surface area contributed by atoms with E-state index < -0.39 is 6.04 Å². The lowest BCUT2D eigenvalue weighted by atomic mass is 10.1. The van der Waals surface area contributed by atoms with Gasteiger partial charge >= 0.3 is 0 Å². The van der Waals surface area contributed by atoms with Gasteiger partial charge in [-0.2, -0.15) is 0 Å². The largest absolute Gasteiger partial charge is 0.351 e. The van der Waals surface area contributed by atoms with Crippen molar-refractivity contribution in [1.29, 1.82) is 0 Å². The molecule has 0 saturated carbocycles. The summed E-state index contributed by atoms with van der Waals surface area (Å²) in [6.45, 7) is 0.624. The predicted octanol–water partition coefficient (Wildman–Crippen LogP) is 2.29. The van der Waals surface area contributed by atoms with Crippen LogP contribution >= 0.6 is 0 Å². The zero-order chi connectivity index (χ0) is 20.3. The Morgan fingerprint density at radius 1 is 0.828 bits per heavy atom. The second-order valence-corrected chi connectivity index (χ2v) is 6.57. The number of amides is 2. The molecule has 0 radical (unpaired) electrons. The molecule has 29 heavy (non-hydrogen) atoms. The van der Waals surface area contributed by atoms with Crippen LogP contribution < -0.4 is 16.0 Å². The molecule has 3 N–H and O–H groups in total. The Bertz CT molecular complexity index is 902. The first kappa shape index (κ1) is 20.2. The average molecular weight is 388 g/mol. The highest BCUT2D eigenvalue weighted by atomic mass is 16.2. The van der Waals surface area contributed by atoms with E-state index in [4.69, 9.17) is 0 Å². The first-order chi connectivity index (χ1) is 14.2. The maximum atomic E-state index is 12.8. The zero-order valence-corrected chi connectivity index (χ0v) is 16.0. The molecule has 6 heteroatoms. The summed E-state index contributed by atoms with van der Waals surface area (Å²) < 4.78 is 0. The Hall–Kier alpha value is -3.51. The second-order valence-electron chi connectivity index (χ2n) is 6.57. The van der Waals surface area contributed by atoms with Crippen LogP contribution in [0.3, 0.4) is 0 Å². The Labute approximate surface area is 170 Å². The van der Waals surface area contributed by atoms with Crippen LogP contribution in [0.15, 0.2) is 85.2 Å². The fourth-order valence-electron chi connectivity index (χ4n) is 2.87. The molecule has 148 valence electrons. The third-order valence-corrected chi connectivity index (χ3v) is 4.43. The van der Waals surface area contributed by atoms with E-state index in [1.165, 1.54) is 6.20 Å². The van der Waals surface area contributed by atoms with Crippen molar-refractivity contribution in [1.82, 2.24) is 20.9 Å². The molecule has 2 amide bonds. The van der Waals surface area contributed by atoms with Gasteiger partial charge < -0.3 is 10.6 Å². The van der Waals surface area contributed by atoms with E-state index in [9.17, 15) is 9.59 Å². The van der Waals surface area contributed by atoms with E-state index in [-0.39, 0.29) is 18.5 Å². The van der Waals surface area contributed by atoms with Gasteiger partial charge in [-0.15, -0.1) is 0 Å². The van der Waals surface area contributed by atoms with Crippen molar-refractivity contribution < 1.29 is 9.59 Å². The van der Waals surface area contributed by atoms with Gasteiger partial charge in [-0.3, -0.25) is 19.9 Å². The van der Waals surface area contributed by atoms with Gasteiger partial charge in [0.2, 0.25) is 5.91 Å². The second kappa shape index (κ2) is 10.7. The van der Waals surface area contributed by atoms with Crippen LogP contribution in [0.5, 0.6) is 0 Å². The van der Waals surface area contributed by atoms with Crippen molar-refractivity contribution >= 4 is 11.8 Å². The smallest absolute Gasteiger partial charge is 0.253 e. The Morgan fingerprint density at radius 3 is 2.17 bits per heavy atom. The maximum Gasteiger partial charge on any atom is 0.253 e. The zero-order valence-electron chi connectivity index (χ0n) is 16.0. The van der Waals surface area contributed by atoms with E-state index in [0.717, 1.165) is 11.1 Å². The highest BCUT2D eigenvalue weighted by Crippen LogP contribution is 2.04. The molecule has 0 aliphatic carbocycles. The summed E-state index contributed by atoms with van der Waals surface area (Å²) in [4.78, 5) is 28.9. The van der Waals surface area contributed by atoms with Crippen molar-refractivity contribution in [2.75, 3.05) is 6.67 Å². The van der Waals surface area contributed by atoms with Crippen molar-refractivity contribution in [2.45, 2.75) is 19.0 Å². The number of hydrogen-bond acceptors (Lipinski definition) is 4.